The largest absolute Gasteiger partial charge is 0.462 e. The molecule has 1 fully saturated rings. The molecular formula is C13H22O2. The minimum atomic E-state index is -0.0748. The van der Waals surface area contributed by atoms with Crippen molar-refractivity contribution in [3.05, 3.63) is 12.2 Å². The highest BCUT2D eigenvalue weighted by atomic mass is 16.5. The highest BCUT2D eigenvalue weighted by molar-refractivity contribution is 5.69. The molecule has 0 radical (unpaired) electrons. The molecule has 1 rings (SSSR count). The summed E-state index contributed by atoms with van der Waals surface area (Å²) in [6.07, 6.45) is 3.87. The standard InChI is InChI=1S/C13H22O2/c1-5-13(14)15-12-8-11(9(2)3)7-6-10(12)4/h10-12H,2,5-8H2,1,3-4H3/t10-,11-,12-/m1/s1. The van der Waals surface area contributed by atoms with Crippen molar-refractivity contribution in [3.63, 3.8) is 0 Å². The van der Waals surface area contributed by atoms with Gasteiger partial charge in [-0.15, -0.1) is 0 Å². The first-order chi connectivity index (χ1) is 7.04. The fourth-order valence-corrected chi connectivity index (χ4v) is 2.14. The molecule has 0 aromatic heterocycles. The lowest BCUT2D eigenvalue weighted by molar-refractivity contribution is -0.153. The predicted octanol–water partition coefficient (Wildman–Crippen LogP) is 3.32. The van der Waals surface area contributed by atoms with Gasteiger partial charge in [0.05, 0.1) is 0 Å². The van der Waals surface area contributed by atoms with E-state index in [1.54, 1.807) is 0 Å². The van der Waals surface area contributed by atoms with Gasteiger partial charge in [-0.05, 0) is 38.0 Å². The molecule has 0 heterocycles. The number of esters is 1. The van der Waals surface area contributed by atoms with Gasteiger partial charge >= 0.3 is 5.97 Å². The number of rotatable bonds is 3. The summed E-state index contributed by atoms with van der Waals surface area (Å²) in [5, 5.41) is 0. The van der Waals surface area contributed by atoms with Crippen molar-refractivity contribution in [3.8, 4) is 0 Å². The first-order valence-electron chi connectivity index (χ1n) is 5.89. The lowest BCUT2D eigenvalue weighted by atomic mass is 9.78. The smallest absolute Gasteiger partial charge is 0.305 e. The van der Waals surface area contributed by atoms with Crippen molar-refractivity contribution in [2.24, 2.45) is 11.8 Å². The van der Waals surface area contributed by atoms with Gasteiger partial charge in [-0.3, -0.25) is 4.79 Å². The predicted molar refractivity (Wildman–Crippen MR) is 61.5 cm³/mol. The molecule has 0 aromatic carbocycles. The molecule has 1 saturated carbocycles. The minimum Gasteiger partial charge on any atom is -0.462 e. The maximum Gasteiger partial charge on any atom is 0.305 e. The third-order valence-electron chi connectivity index (χ3n) is 3.39. The van der Waals surface area contributed by atoms with Crippen LogP contribution in [0.15, 0.2) is 12.2 Å². The first-order valence-corrected chi connectivity index (χ1v) is 5.89. The molecule has 1 aliphatic rings. The van der Waals surface area contributed by atoms with E-state index < -0.39 is 0 Å². The fourth-order valence-electron chi connectivity index (χ4n) is 2.14. The van der Waals surface area contributed by atoms with E-state index in [-0.39, 0.29) is 12.1 Å². The maximum atomic E-state index is 11.3. The molecule has 0 aliphatic heterocycles. The summed E-state index contributed by atoms with van der Waals surface area (Å²) in [7, 11) is 0. The van der Waals surface area contributed by atoms with E-state index >= 15 is 0 Å². The molecule has 0 aromatic rings. The minimum absolute atomic E-state index is 0.0748. The molecule has 1 aliphatic carbocycles. The van der Waals surface area contributed by atoms with Crippen molar-refractivity contribution in [1.29, 1.82) is 0 Å². The van der Waals surface area contributed by atoms with Crippen LogP contribution < -0.4 is 0 Å². The Kier molecular flexibility index (Phi) is 4.37. The van der Waals surface area contributed by atoms with Gasteiger partial charge in [-0.25, -0.2) is 0 Å². The van der Waals surface area contributed by atoms with Crippen LogP contribution in [0.2, 0.25) is 0 Å². The second kappa shape index (κ2) is 5.34. The van der Waals surface area contributed by atoms with Crippen molar-refractivity contribution in [2.75, 3.05) is 0 Å². The van der Waals surface area contributed by atoms with E-state index in [1.807, 2.05) is 6.92 Å². The molecule has 0 saturated heterocycles. The zero-order chi connectivity index (χ0) is 11.4. The quantitative estimate of drug-likeness (QED) is 0.527. The molecule has 2 heteroatoms. The molecule has 0 bridgehead atoms. The molecule has 3 atom stereocenters. The number of hydrogen-bond acceptors (Lipinski definition) is 2. The van der Waals surface area contributed by atoms with Crippen LogP contribution in [0.4, 0.5) is 0 Å². The summed E-state index contributed by atoms with van der Waals surface area (Å²) in [6.45, 7) is 10.1. The third kappa shape index (κ3) is 3.37. The Hall–Kier alpha value is -0.790. The van der Waals surface area contributed by atoms with Crippen LogP contribution in [0, 0.1) is 11.8 Å². The zero-order valence-corrected chi connectivity index (χ0v) is 10.1. The van der Waals surface area contributed by atoms with E-state index in [2.05, 4.69) is 20.4 Å². The highest BCUT2D eigenvalue weighted by Gasteiger charge is 2.30. The molecular weight excluding hydrogens is 188 g/mol. The second-order valence-corrected chi connectivity index (χ2v) is 4.72. The lowest BCUT2D eigenvalue weighted by Gasteiger charge is -2.34. The Bertz CT molecular complexity index is 245. The molecule has 86 valence electrons. The summed E-state index contributed by atoms with van der Waals surface area (Å²) < 4.78 is 5.45. The van der Waals surface area contributed by atoms with E-state index in [4.69, 9.17) is 4.74 Å². The van der Waals surface area contributed by atoms with Crippen molar-refractivity contribution < 1.29 is 9.53 Å². The van der Waals surface area contributed by atoms with Gasteiger partial charge in [0, 0.05) is 6.42 Å². The topological polar surface area (TPSA) is 26.3 Å². The summed E-state index contributed by atoms with van der Waals surface area (Å²) in [5.74, 6) is 0.959. The summed E-state index contributed by atoms with van der Waals surface area (Å²) in [4.78, 5) is 11.3. The normalized spacial score (nSPS) is 31.0. The summed E-state index contributed by atoms with van der Waals surface area (Å²) in [6, 6.07) is 0. The number of carbonyl (C=O) groups is 1. The van der Waals surface area contributed by atoms with Crippen LogP contribution >= 0.6 is 0 Å². The van der Waals surface area contributed by atoms with Gasteiger partial charge in [0.2, 0.25) is 0 Å². The average molecular weight is 210 g/mol. The molecule has 2 nitrogen and oxygen atoms in total. The highest BCUT2D eigenvalue weighted by Crippen LogP contribution is 2.34. The molecule has 15 heavy (non-hydrogen) atoms. The van der Waals surface area contributed by atoms with E-state index in [0.29, 0.717) is 18.3 Å². The van der Waals surface area contributed by atoms with E-state index in [0.717, 1.165) is 12.8 Å². The fraction of sp³-hybridized carbons (Fsp3) is 0.769. The van der Waals surface area contributed by atoms with Crippen LogP contribution in [0.25, 0.3) is 0 Å². The van der Waals surface area contributed by atoms with Gasteiger partial charge in [-0.1, -0.05) is 26.0 Å². The van der Waals surface area contributed by atoms with Crippen LogP contribution in [-0.4, -0.2) is 12.1 Å². The number of ether oxygens (including phenoxy) is 1. The third-order valence-corrected chi connectivity index (χ3v) is 3.39. The Balaban J connectivity index is 2.53. The lowest BCUT2D eigenvalue weighted by Crippen LogP contribution is -2.32. The number of hydrogen-bond donors (Lipinski definition) is 0. The molecule has 0 amide bonds. The van der Waals surface area contributed by atoms with E-state index in [1.165, 1.54) is 12.0 Å². The molecule has 0 N–H and O–H groups in total. The van der Waals surface area contributed by atoms with Crippen molar-refractivity contribution >= 4 is 5.97 Å². The van der Waals surface area contributed by atoms with Gasteiger partial charge in [0.1, 0.15) is 6.10 Å². The van der Waals surface area contributed by atoms with Crippen molar-refractivity contribution in [1.82, 2.24) is 0 Å². The van der Waals surface area contributed by atoms with Gasteiger partial charge in [0.25, 0.3) is 0 Å². The number of allylic oxidation sites excluding steroid dienone is 1. The second-order valence-electron chi connectivity index (χ2n) is 4.72. The van der Waals surface area contributed by atoms with Crippen LogP contribution in [-0.2, 0) is 9.53 Å². The van der Waals surface area contributed by atoms with Gasteiger partial charge < -0.3 is 4.74 Å². The first kappa shape index (κ1) is 12.3. The van der Waals surface area contributed by atoms with Gasteiger partial charge in [0.15, 0.2) is 0 Å². The van der Waals surface area contributed by atoms with Crippen LogP contribution in [0.3, 0.4) is 0 Å². The Labute approximate surface area is 92.7 Å². The van der Waals surface area contributed by atoms with Crippen LogP contribution in [0.1, 0.15) is 46.5 Å². The Morgan fingerprint density at radius 3 is 2.67 bits per heavy atom. The Morgan fingerprint density at radius 2 is 2.13 bits per heavy atom. The SMILES string of the molecule is C=C(C)[C@@H]1CC[C@@H](C)[C@H](OC(=O)CC)C1. The molecule has 0 unspecified atom stereocenters. The molecule has 0 spiro atoms. The number of carbonyl (C=O) groups excluding carboxylic acids is 1. The zero-order valence-electron chi connectivity index (χ0n) is 10.1. The monoisotopic (exact) mass is 210 g/mol. The summed E-state index contributed by atoms with van der Waals surface area (Å²) >= 11 is 0. The van der Waals surface area contributed by atoms with Crippen molar-refractivity contribution in [2.45, 2.75) is 52.6 Å². The maximum absolute atomic E-state index is 11.3. The summed E-state index contributed by atoms with van der Waals surface area (Å²) in [5.41, 5.74) is 1.22. The van der Waals surface area contributed by atoms with Gasteiger partial charge in [-0.2, -0.15) is 0 Å². The Morgan fingerprint density at radius 1 is 1.47 bits per heavy atom. The van der Waals surface area contributed by atoms with E-state index in [9.17, 15) is 4.79 Å². The van der Waals surface area contributed by atoms with Crippen LogP contribution in [0.5, 0.6) is 0 Å². The average Bonchev–Trinajstić information content (AvgIpc) is 2.20.